The fourth-order valence-corrected chi connectivity index (χ4v) is 6.82. The largest absolute Gasteiger partial charge is 0.444 e. The number of alkyl halides is 1. The van der Waals surface area contributed by atoms with Gasteiger partial charge in [0.15, 0.2) is 0 Å². The van der Waals surface area contributed by atoms with E-state index >= 15 is 0 Å². The summed E-state index contributed by atoms with van der Waals surface area (Å²) in [4.78, 5) is 26.7. The summed E-state index contributed by atoms with van der Waals surface area (Å²) in [6.07, 6.45) is 4.23. The van der Waals surface area contributed by atoms with Crippen LogP contribution in [0, 0.1) is 38.5 Å². The van der Waals surface area contributed by atoms with Crippen LogP contribution in [0.15, 0.2) is 54.6 Å². The van der Waals surface area contributed by atoms with Gasteiger partial charge in [-0.3, -0.25) is 0 Å². The molecule has 316 valence electrons. The van der Waals surface area contributed by atoms with Crippen molar-refractivity contribution in [3.63, 3.8) is 0 Å². The second kappa shape index (κ2) is 22.6. The lowest BCUT2D eigenvalue weighted by Crippen LogP contribution is -2.52. The van der Waals surface area contributed by atoms with Crippen molar-refractivity contribution in [2.75, 3.05) is 50.3 Å². The van der Waals surface area contributed by atoms with Crippen LogP contribution < -0.4 is 11.1 Å². The van der Waals surface area contributed by atoms with Crippen molar-refractivity contribution in [1.29, 1.82) is 0 Å². The topological polar surface area (TPSA) is 97.1 Å². The van der Waals surface area contributed by atoms with Crippen molar-refractivity contribution in [2.45, 2.75) is 99.2 Å². The molecule has 3 aliphatic heterocycles. The number of likely N-dealkylation sites (tertiary alicyclic amines) is 2. The number of amides is 2. The Bertz CT molecular complexity index is 1750. The van der Waals surface area contributed by atoms with Gasteiger partial charge in [-0.1, -0.05) is 75.0 Å². The molecular weight excluding hydrogens is 847 g/mol. The van der Waals surface area contributed by atoms with E-state index in [0.717, 1.165) is 82.2 Å². The summed E-state index contributed by atoms with van der Waals surface area (Å²) in [7, 11) is 0. The molecule has 12 heteroatoms. The normalized spacial score (nSPS) is 15.6. The van der Waals surface area contributed by atoms with Crippen molar-refractivity contribution < 1.29 is 19.1 Å². The molecule has 3 N–H and O–H groups in total. The predicted molar refractivity (Wildman–Crippen MR) is 242 cm³/mol. The third-order valence-electron chi connectivity index (χ3n) is 9.61. The highest BCUT2D eigenvalue weighted by molar-refractivity contribution is 9.09. The van der Waals surface area contributed by atoms with E-state index < -0.39 is 5.60 Å². The van der Waals surface area contributed by atoms with Crippen molar-refractivity contribution >= 4 is 68.6 Å². The zero-order valence-corrected chi connectivity index (χ0v) is 39.2. The Hall–Kier alpha value is -2.69. The number of anilines is 1. The summed E-state index contributed by atoms with van der Waals surface area (Å²) in [5.41, 5.74) is 11.5. The Morgan fingerprint density at radius 1 is 0.667 bits per heavy atom. The fourth-order valence-electron chi connectivity index (χ4n) is 6.06. The van der Waals surface area contributed by atoms with Gasteiger partial charge in [-0.05, 0) is 171 Å². The summed E-state index contributed by atoms with van der Waals surface area (Å²) >= 11 is 21.1. The molecule has 3 saturated heterocycles. The number of nitrogens with one attached hydrogen (secondary N) is 1. The third kappa shape index (κ3) is 18.0. The smallest absolute Gasteiger partial charge is 0.410 e. The van der Waals surface area contributed by atoms with Gasteiger partial charge in [-0.15, -0.1) is 0 Å². The highest BCUT2D eigenvalue weighted by atomic mass is 79.9. The number of nitrogen functional groups attached to an aromatic ring is 1. The lowest BCUT2D eigenvalue weighted by molar-refractivity contribution is -0.00218. The first-order chi connectivity index (χ1) is 26.6. The Morgan fingerprint density at radius 3 is 1.39 bits per heavy atom. The van der Waals surface area contributed by atoms with E-state index in [1.807, 2.05) is 73.6 Å². The van der Waals surface area contributed by atoms with E-state index in [1.165, 1.54) is 42.6 Å². The van der Waals surface area contributed by atoms with Crippen LogP contribution in [0.5, 0.6) is 0 Å². The van der Waals surface area contributed by atoms with Crippen molar-refractivity contribution in [2.24, 2.45) is 17.8 Å². The number of benzene rings is 3. The molecule has 0 bridgehead atoms. The van der Waals surface area contributed by atoms with E-state index in [0.29, 0.717) is 11.8 Å². The summed E-state index contributed by atoms with van der Waals surface area (Å²) in [6, 6.07) is 18.0. The maximum Gasteiger partial charge on any atom is 0.410 e. The Balaban J connectivity index is 0.000000213. The molecule has 3 aliphatic rings. The van der Waals surface area contributed by atoms with Crippen LogP contribution in [0.1, 0.15) is 82.2 Å². The van der Waals surface area contributed by atoms with Gasteiger partial charge in [-0.2, -0.15) is 0 Å². The number of nitrogens with zero attached hydrogens (tertiary/aromatic N) is 2. The van der Waals surface area contributed by atoms with E-state index in [1.54, 1.807) is 21.9 Å². The molecule has 0 saturated carbocycles. The first kappa shape index (κ1) is 48.7. The number of halogens is 4. The minimum atomic E-state index is -0.414. The highest BCUT2D eigenvalue weighted by Crippen LogP contribution is 2.26. The molecule has 6 rings (SSSR count). The van der Waals surface area contributed by atoms with Gasteiger partial charge in [0.25, 0.3) is 0 Å². The molecule has 57 heavy (non-hydrogen) atoms. The molecule has 3 fully saturated rings. The van der Waals surface area contributed by atoms with Gasteiger partial charge in [0, 0.05) is 58.2 Å². The number of hydrogen-bond acceptors (Lipinski definition) is 6. The molecule has 0 atom stereocenters. The second-order valence-corrected chi connectivity index (χ2v) is 19.3. The molecule has 8 nitrogen and oxygen atoms in total. The van der Waals surface area contributed by atoms with Gasteiger partial charge in [0.1, 0.15) is 11.2 Å². The van der Waals surface area contributed by atoms with Crippen LogP contribution in [-0.4, -0.2) is 77.8 Å². The lowest BCUT2D eigenvalue weighted by atomic mass is 9.92. The van der Waals surface area contributed by atoms with E-state index in [4.69, 9.17) is 50.0 Å². The van der Waals surface area contributed by atoms with Crippen LogP contribution >= 0.6 is 50.7 Å². The number of nitrogens with two attached hydrogens (primary N) is 1. The highest BCUT2D eigenvalue weighted by Gasteiger charge is 2.34. The first-order valence-electron chi connectivity index (χ1n) is 19.9. The number of carbonyl (C=O) groups excluding carboxylic acids is 2. The number of carbonyl (C=O) groups is 2. The monoisotopic (exact) mass is 908 g/mol. The van der Waals surface area contributed by atoms with Crippen LogP contribution in [0.4, 0.5) is 15.3 Å². The molecule has 2 amide bonds. The Labute approximate surface area is 365 Å². The molecule has 0 aromatic heterocycles. The van der Waals surface area contributed by atoms with Gasteiger partial charge < -0.3 is 30.3 Å². The molecule has 0 aliphatic carbocycles. The average molecular weight is 911 g/mol. The molecule has 3 aromatic rings. The van der Waals surface area contributed by atoms with Crippen LogP contribution in [-0.2, 0) is 22.3 Å². The number of ether oxygens (including phenoxy) is 2. The molecule has 3 aromatic carbocycles. The SMILES string of the molecule is CC(C)(C)OC(=O)N1CC(CBr)C1.Cc1cc(CCC2CN(C(=O)OC(C)(C)C)C2)ccc1Cl.Cc1cc(CCC2CNC2)ccc1Cl.Cc1cc(N)ccc1Cl. The van der Waals surface area contributed by atoms with Crippen LogP contribution in [0.25, 0.3) is 0 Å². The molecule has 0 radical (unpaired) electrons. The van der Waals surface area contributed by atoms with Crippen molar-refractivity contribution in [3.05, 3.63) is 97.5 Å². The summed E-state index contributed by atoms with van der Waals surface area (Å²) in [5, 5.41) is 6.72. The molecular formula is C45H64BrCl3N4O4. The number of rotatable bonds is 7. The molecule has 0 unspecified atom stereocenters. The third-order valence-corrected chi connectivity index (χ3v) is 11.8. The van der Waals surface area contributed by atoms with E-state index in [2.05, 4.69) is 52.4 Å². The first-order valence-corrected chi connectivity index (χ1v) is 22.1. The quantitative estimate of drug-likeness (QED) is 0.181. The number of hydrogen-bond donors (Lipinski definition) is 2. The minimum absolute atomic E-state index is 0.190. The zero-order chi connectivity index (χ0) is 42.5. The molecule has 0 spiro atoms. The fraction of sp³-hybridized carbons (Fsp3) is 0.556. The van der Waals surface area contributed by atoms with Crippen molar-refractivity contribution in [3.8, 4) is 0 Å². The lowest BCUT2D eigenvalue weighted by Gasteiger charge is -2.39. The van der Waals surface area contributed by atoms with Gasteiger partial charge >= 0.3 is 12.2 Å². The standard InChI is InChI=1S/C17H24ClNO2.C12H16ClN.C9H16BrNO2.C7H8ClN/c1-12-9-13(7-8-15(12)18)5-6-14-10-19(11-14)16(20)21-17(2,3)4;1-9-6-10(4-5-12(9)13)2-3-11-7-14-8-11;1-9(2,3)13-8(12)11-5-7(4-10)6-11;1-5-4-6(9)2-3-7(5)8/h7-9,14H,5-6,10-11H2,1-4H3;4-6,11,14H,2-3,7-8H2,1H3;7H,4-6H2,1-3H3;2-4H,9H2,1H3. The van der Waals surface area contributed by atoms with Gasteiger partial charge in [0.05, 0.1) is 0 Å². The zero-order valence-electron chi connectivity index (χ0n) is 35.3. The maximum atomic E-state index is 11.8. The summed E-state index contributed by atoms with van der Waals surface area (Å²) in [6.45, 7) is 23.0. The van der Waals surface area contributed by atoms with Gasteiger partial charge in [-0.25, -0.2) is 9.59 Å². The van der Waals surface area contributed by atoms with Crippen molar-refractivity contribution in [1.82, 2.24) is 15.1 Å². The molecule has 3 heterocycles. The maximum absolute atomic E-state index is 11.8. The van der Waals surface area contributed by atoms with E-state index in [-0.39, 0.29) is 17.8 Å². The Kier molecular flexibility index (Phi) is 19.3. The van der Waals surface area contributed by atoms with Gasteiger partial charge in [0.2, 0.25) is 0 Å². The Morgan fingerprint density at radius 2 is 1.05 bits per heavy atom. The van der Waals surface area contributed by atoms with E-state index in [9.17, 15) is 9.59 Å². The van der Waals surface area contributed by atoms with Crippen LogP contribution in [0.3, 0.4) is 0 Å². The second-order valence-electron chi connectivity index (χ2n) is 17.4. The average Bonchev–Trinajstić information content (AvgIpc) is 3.03. The predicted octanol–water partition coefficient (Wildman–Crippen LogP) is 11.7. The van der Waals surface area contributed by atoms with Crippen LogP contribution in [0.2, 0.25) is 15.1 Å². The number of aryl methyl sites for hydroxylation is 5. The summed E-state index contributed by atoms with van der Waals surface area (Å²) < 4.78 is 10.6. The minimum Gasteiger partial charge on any atom is -0.444 e. The summed E-state index contributed by atoms with van der Waals surface area (Å²) in [5.74, 6) is 2.08.